The third-order valence-corrected chi connectivity index (χ3v) is 6.17. The number of pyridine rings is 1. The van der Waals surface area contributed by atoms with E-state index in [0.29, 0.717) is 0 Å². The number of nitrogens with one attached hydrogen (secondary N) is 2. The standard InChI is InChI=1S/C24H16N4S/c1-5-17(23-7-3-11-29-23)18-13-22(26-20(18)6-1)24-19-12-15(8-9-21(19)27-28-24)16-4-2-10-25-14-16/h1-14,26H,(H,27,28). The van der Waals surface area contributed by atoms with Crippen molar-refractivity contribution in [3.63, 3.8) is 0 Å². The molecule has 29 heavy (non-hydrogen) atoms. The molecule has 2 aromatic carbocycles. The van der Waals surface area contributed by atoms with Crippen molar-refractivity contribution in [2.24, 2.45) is 0 Å². The Morgan fingerprint density at radius 1 is 0.793 bits per heavy atom. The van der Waals surface area contributed by atoms with Crippen molar-refractivity contribution >= 4 is 33.1 Å². The van der Waals surface area contributed by atoms with Crippen molar-refractivity contribution in [2.75, 3.05) is 0 Å². The summed E-state index contributed by atoms with van der Waals surface area (Å²) in [5.41, 5.74) is 7.55. The maximum absolute atomic E-state index is 4.62. The van der Waals surface area contributed by atoms with Gasteiger partial charge in [-0.25, -0.2) is 0 Å². The van der Waals surface area contributed by atoms with Crippen LogP contribution in [0.15, 0.2) is 84.5 Å². The molecule has 0 spiro atoms. The van der Waals surface area contributed by atoms with Crippen LogP contribution in [0.5, 0.6) is 0 Å². The molecule has 4 aromatic heterocycles. The highest BCUT2D eigenvalue weighted by Gasteiger charge is 2.14. The van der Waals surface area contributed by atoms with Crippen LogP contribution >= 0.6 is 11.3 Å². The van der Waals surface area contributed by atoms with E-state index in [4.69, 9.17) is 0 Å². The molecule has 5 heteroatoms. The molecule has 4 heterocycles. The molecule has 6 aromatic rings. The molecule has 0 radical (unpaired) electrons. The first kappa shape index (κ1) is 16.3. The van der Waals surface area contributed by atoms with Crippen molar-refractivity contribution in [3.05, 3.63) is 84.5 Å². The maximum atomic E-state index is 4.62. The molecule has 0 atom stereocenters. The van der Waals surface area contributed by atoms with Crippen LogP contribution in [0.3, 0.4) is 0 Å². The number of hydrogen-bond acceptors (Lipinski definition) is 3. The second-order valence-electron chi connectivity index (χ2n) is 7.00. The molecule has 0 saturated heterocycles. The minimum Gasteiger partial charge on any atom is -0.353 e. The second-order valence-corrected chi connectivity index (χ2v) is 7.95. The number of thiophene rings is 1. The molecule has 0 unspecified atom stereocenters. The van der Waals surface area contributed by atoms with Gasteiger partial charge in [0.25, 0.3) is 0 Å². The summed E-state index contributed by atoms with van der Waals surface area (Å²) in [5.74, 6) is 0. The van der Waals surface area contributed by atoms with Crippen LogP contribution in [0.2, 0.25) is 0 Å². The highest BCUT2D eigenvalue weighted by atomic mass is 32.1. The van der Waals surface area contributed by atoms with Gasteiger partial charge < -0.3 is 4.98 Å². The highest BCUT2D eigenvalue weighted by molar-refractivity contribution is 7.13. The zero-order valence-corrected chi connectivity index (χ0v) is 16.2. The quantitative estimate of drug-likeness (QED) is 0.361. The second kappa shape index (κ2) is 6.43. The fourth-order valence-electron chi connectivity index (χ4n) is 3.86. The van der Waals surface area contributed by atoms with Gasteiger partial charge in [0.1, 0.15) is 5.69 Å². The number of hydrogen-bond donors (Lipinski definition) is 2. The van der Waals surface area contributed by atoms with Gasteiger partial charge in [0.15, 0.2) is 0 Å². The molecule has 4 nitrogen and oxygen atoms in total. The lowest BCUT2D eigenvalue weighted by molar-refractivity contribution is 1.12. The molecule has 0 saturated carbocycles. The minimum atomic E-state index is 0.930. The first-order valence-corrected chi connectivity index (χ1v) is 10.3. The average molecular weight is 392 g/mol. The lowest BCUT2D eigenvalue weighted by Crippen LogP contribution is -1.81. The number of aromatic nitrogens is 4. The smallest absolute Gasteiger partial charge is 0.116 e. The normalized spacial score (nSPS) is 11.4. The van der Waals surface area contributed by atoms with E-state index >= 15 is 0 Å². The van der Waals surface area contributed by atoms with E-state index in [1.807, 2.05) is 12.3 Å². The van der Waals surface area contributed by atoms with E-state index in [0.717, 1.165) is 38.9 Å². The molecule has 6 rings (SSSR count). The van der Waals surface area contributed by atoms with Gasteiger partial charge in [-0.1, -0.05) is 30.3 Å². The van der Waals surface area contributed by atoms with E-state index in [1.54, 1.807) is 17.5 Å². The maximum Gasteiger partial charge on any atom is 0.116 e. The van der Waals surface area contributed by atoms with E-state index in [1.165, 1.54) is 15.8 Å². The van der Waals surface area contributed by atoms with Crippen LogP contribution < -0.4 is 0 Å². The van der Waals surface area contributed by atoms with Gasteiger partial charge in [-0.05, 0) is 47.3 Å². The summed E-state index contributed by atoms with van der Waals surface area (Å²) in [7, 11) is 0. The summed E-state index contributed by atoms with van der Waals surface area (Å²) in [5, 5.41) is 12.2. The van der Waals surface area contributed by atoms with Gasteiger partial charge in [0, 0.05) is 44.7 Å². The van der Waals surface area contributed by atoms with Gasteiger partial charge in [0.05, 0.1) is 11.2 Å². The van der Waals surface area contributed by atoms with Crippen molar-refractivity contribution in [1.82, 2.24) is 20.2 Å². The lowest BCUT2D eigenvalue weighted by Gasteiger charge is -2.01. The lowest BCUT2D eigenvalue weighted by atomic mass is 10.0. The SMILES string of the molecule is c1cncc(-c2ccc3[nH]nc(-c4cc5c(-c6cccs6)cccc5[nH]4)c3c2)c1. The number of rotatable bonds is 3. The summed E-state index contributed by atoms with van der Waals surface area (Å²) >= 11 is 1.76. The topological polar surface area (TPSA) is 57.4 Å². The Labute approximate surface area is 170 Å². The van der Waals surface area contributed by atoms with Gasteiger partial charge in [-0.15, -0.1) is 11.3 Å². The van der Waals surface area contributed by atoms with Gasteiger partial charge in [0.2, 0.25) is 0 Å². The monoisotopic (exact) mass is 392 g/mol. The summed E-state index contributed by atoms with van der Waals surface area (Å²) in [6, 6.07) is 23.2. The van der Waals surface area contributed by atoms with Crippen LogP contribution in [0.25, 0.3) is 54.8 Å². The molecule has 0 aliphatic rings. The molecular formula is C24H16N4S. The molecule has 0 fully saturated rings. The summed E-state index contributed by atoms with van der Waals surface area (Å²) in [6.07, 6.45) is 3.68. The van der Waals surface area contributed by atoms with Crippen LogP contribution in [0.4, 0.5) is 0 Å². The van der Waals surface area contributed by atoms with Crippen molar-refractivity contribution in [2.45, 2.75) is 0 Å². The molecule has 0 aliphatic heterocycles. The van der Waals surface area contributed by atoms with E-state index in [2.05, 4.69) is 86.2 Å². The third-order valence-electron chi connectivity index (χ3n) is 5.26. The summed E-state index contributed by atoms with van der Waals surface area (Å²) < 4.78 is 0. The van der Waals surface area contributed by atoms with Gasteiger partial charge >= 0.3 is 0 Å². The Morgan fingerprint density at radius 3 is 2.66 bits per heavy atom. The molecular weight excluding hydrogens is 376 g/mol. The van der Waals surface area contributed by atoms with E-state index in [-0.39, 0.29) is 0 Å². The van der Waals surface area contributed by atoms with Crippen LogP contribution in [-0.4, -0.2) is 20.2 Å². The van der Waals surface area contributed by atoms with Gasteiger partial charge in [-0.2, -0.15) is 5.10 Å². The fourth-order valence-corrected chi connectivity index (χ4v) is 4.63. The number of H-pyrrole nitrogens is 2. The van der Waals surface area contributed by atoms with Crippen LogP contribution in [0, 0.1) is 0 Å². The average Bonchev–Trinajstić information content (AvgIpc) is 3.52. The highest BCUT2D eigenvalue weighted by Crippen LogP contribution is 2.36. The van der Waals surface area contributed by atoms with E-state index in [9.17, 15) is 0 Å². The number of fused-ring (bicyclic) bond motifs is 2. The molecule has 2 N–H and O–H groups in total. The Morgan fingerprint density at radius 2 is 1.79 bits per heavy atom. The van der Waals surface area contributed by atoms with Gasteiger partial charge in [-0.3, -0.25) is 10.1 Å². The fraction of sp³-hybridized carbons (Fsp3) is 0. The Balaban J connectivity index is 1.53. The minimum absolute atomic E-state index is 0.930. The van der Waals surface area contributed by atoms with Crippen LogP contribution in [-0.2, 0) is 0 Å². The van der Waals surface area contributed by atoms with E-state index < -0.39 is 0 Å². The predicted octanol–water partition coefficient (Wildman–Crippen LogP) is 6.50. The third kappa shape index (κ3) is 2.67. The number of aromatic amines is 2. The zero-order valence-electron chi connectivity index (χ0n) is 15.4. The Hall–Kier alpha value is -3.70. The Kier molecular flexibility index (Phi) is 3.61. The molecule has 0 bridgehead atoms. The molecule has 138 valence electrons. The number of nitrogens with zero attached hydrogens (tertiary/aromatic N) is 2. The summed E-state index contributed by atoms with van der Waals surface area (Å²) in [6.45, 7) is 0. The zero-order chi connectivity index (χ0) is 19.2. The summed E-state index contributed by atoms with van der Waals surface area (Å²) in [4.78, 5) is 9.08. The van der Waals surface area contributed by atoms with Crippen LogP contribution in [0.1, 0.15) is 0 Å². The van der Waals surface area contributed by atoms with Crippen molar-refractivity contribution in [1.29, 1.82) is 0 Å². The predicted molar refractivity (Wildman–Crippen MR) is 120 cm³/mol. The molecule has 0 amide bonds. The Bertz CT molecular complexity index is 1440. The number of benzene rings is 2. The molecule has 0 aliphatic carbocycles. The largest absolute Gasteiger partial charge is 0.353 e. The first-order valence-electron chi connectivity index (χ1n) is 9.41. The van der Waals surface area contributed by atoms with Crippen molar-refractivity contribution < 1.29 is 0 Å². The van der Waals surface area contributed by atoms with Crippen molar-refractivity contribution in [3.8, 4) is 33.0 Å². The first-order chi connectivity index (χ1) is 14.4.